The number of fused-ring (bicyclic) bond motifs is 3. The Bertz CT molecular complexity index is 857. The van der Waals surface area contributed by atoms with E-state index in [2.05, 4.69) is 59.7 Å². The lowest BCUT2D eigenvalue weighted by Gasteiger charge is -2.34. The monoisotopic (exact) mass is 440 g/mol. The zero-order chi connectivity index (χ0) is 22.0. The maximum absolute atomic E-state index is 14.4. The largest absolute Gasteiger partial charge is 0.416 e. The minimum Gasteiger partial charge on any atom is -0.416 e. The van der Waals surface area contributed by atoms with E-state index in [1.54, 1.807) is 12.1 Å². The van der Waals surface area contributed by atoms with Gasteiger partial charge in [0.15, 0.2) is 0 Å². The Morgan fingerprint density at radius 2 is 1.33 bits per heavy atom. The first-order chi connectivity index (χ1) is 14.1. The minimum atomic E-state index is -0.484. The molecule has 0 amide bonds. The first kappa shape index (κ1) is 23.4. The second-order valence-electron chi connectivity index (χ2n) is 9.57. The standard InChI is InChI=1S/C25H33FO2Si2/c1-7-23(3,4)29-27-16-25(17-28-30-24(5,6)8-2)21-12-10-9-11-19(21)20-14-13-18(26)15-22(20)25/h9-15H,7-8,16-17H2,1-6H3. The molecule has 0 aliphatic heterocycles. The summed E-state index contributed by atoms with van der Waals surface area (Å²) in [7, 11) is 0.771. The molecular weight excluding hydrogens is 407 g/mol. The zero-order valence-corrected chi connectivity index (χ0v) is 21.1. The van der Waals surface area contributed by atoms with E-state index in [0.717, 1.165) is 29.5 Å². The summed E-state index contributed by atoms with van der Waals surface area (Å²) < 4.78 is 27.1. The van der Waals surface area contributed by atoms with E-state index in [4.69, 9.17) is 8.85 Å². The van der Waals surface area contributed by atoms with Crippen molar-refractivity contribution in [3.63, 3.8) is 0 Å². The molecule has 2 aromatic rings. The second kappa shape index (κ2) is 9.07. The Hall–Kier alpha value is -1.28. The lowest BCUT2D eigenvalue weighted by Crippen LogP contribution is -2.39. The molecule has 160 valence electrons. The normalized spacial score (nSPS) is 15.2. The van der Waals surface area contributed by atoms with Gasteiger partial charge in [-0.1, -0.05) is 84.7 Å². The number of halogens is 1. The molecule has 4 radical (unpaired) electrons. The summed E-state index contributed by atoms with van der Waals surface area (Å²) in [4.78, 5) is 0. The molecule has 0 heterocycles. The molecule has 5 heteroatoms. The Balaban J connectivity index is 1.99. The van der Waals surface area contributed by atoms with Crippen LogP contribution in [0.5, 0.6) is 0 Å². The highest BCUT2D eigenvalue weighted by atomic mass is 28.2. The summed E-state index contributed by atoms with van der Waals surface area (Å²) in [6.45, 7) is 14.3. The molecule has 0 saturated carbocycles. The van der Waals surface area contributed by atoms with Crippen LogP contribution >= 0.6 is 0 Å². The predicted octanol–water partition coefficient (Wildman–Crippen LogP) is 6.58. The fourth-order valence-electron chi connectivity index (χ4n) is 3.63. The summed E-state index contributed by atoms with van der Waals surface area (Å²) in [6.07, 6.45) is 2.12. The van der Waals surface area contributed by atoms with Gasteiger partial charge in [0.1, 0.15) is 5.82 Å². The zero-order valence-electron chi connectivity index (χ0n) is 19.1. The molecule has 0 spiro atoms. The maximum atomic E-state index is 14.4. The van der Waals surface area contributed by atoms with E-state index in [0.29, 0.717) is 32.7 Å². The molecule has 0 saturated heterocycles. The van der Waals surface area contributed by atoms with Gasteiger partial charge in [-0.25, -0.2) is 4.39 Å². The molecule has 0 aromatic heterocycles. The molecule has 0 fully saturated rings. The third kappa shape index (κ3) is 4.80. The van der Waals surface area contributed by atoms with E-state index in [9.17, 15) is 4.39 Å². The van der Waals surface area contributed by atoms with E-state index in [1.807, 2.05) is 12.1 Å². The van der Waals surface area contributed by atoms with Crippen molar-refractivity contribution >= 4 is 19.5 Å². The molecular formula is C25H33FO2Si2. The summed E-state index contributed by atoms with van der Waals surface area (Å²) in [5.41, 5.74) is 3.94. The Morgan fingerprint density at radius 3 is 1.90 bits per heavy atom. The topological polar surface area (TPSA) is 18.5 Å². The number of hydrogen-bond donors (Lipinski definition) is 0. The van der Waals surface area contributed by atoms with Crippen LogP contribution in [0.2, 0.25) is 10.1 Å². The minimum absolute atomic E-state index is 0.136. The maximum Gasteiger partial charge on any atom is 0.236 e. The molecule has 1 aliphatic carbocycles. The Kier molecular flexibility index (Phi) is 7.07. The third-order valence-electron chi connectivity index (χ3n) is 6.33. The predicted molar refractivity (Wildman–Crippen MR) is 125 cm³/mol. The highest BCUT2D eigenvalue weighted by Gasteiger charge is 2.44. The first-order valence-electron chi connectivity index (χ1n) is 10.8. The molecule has 30 heavy (non-hydrogen) atoms. The van der Waals surface area contributed by atoms with E-state index in [-0.39, 0.29) is 15.9 Å². The number of rotatable bonds is 10. The highest BCUT2D eigenvalue weighted by Crippen LogP contribution is 2.50. The molecule has 0 atom stereocenters. The van der Waals surface area contributed by atoms with Crippen molar-refractivity contribution in [3.05, 3.63) is 59.4 Å². The molecule has 2 aromatic carbocycles. The van der Waals surface area contributed by atoms with Crippen molar-refractivity contribution in [2.24, 2.45) is 0 Å². The van der Waals surface area contributed by atoms with Gasteiger partial charge in [0.05, 0.1) is 5.41 Å². The van der Waals surface area contributed by atoms with Gasteiger partial charge in [0, 0.05) is 13.2 Å². The van der Waals surface area contributed by atoms with Crippen LogP contribution in [0.4, 0.5) is 4.39 Å². The van der Waals surface area contributed by atoms with Crippen LogP contribution in [0, 0.1) is 5.82 Å². The van der Waals surface area contributed by atoms with Crippen LogP contribution in [0.25, 0.3) is 11.1 Å². The average Bonchev–Trinajstić information content (AvgIpc) is 2.98. The summed E-state index contributed by atoms with van der Waals surface area (Å²) in [5.74, 6) is -0.210. The van der Waals surface area contributed by atoms with E-state index >= 15 is 0 Å². The van der Waals surface area contributed by atoms with Crippen LogP contribution in [-0.4, -0.2) is 32.7 Å². The van der Waals surface area contributed by atoms with Gasteiger partial charge in [0.25, 0.3) is 0 Å². The SMILES string of the molecule is CCC(C)(C)[Si]OCC1(CO[Si]C(C)(C)CC)c2ccccc2-c2ccc(F)cc21. The summed E-state index contributed by atoms with van der Waals surface area (Å²) in [6, 6.07) is 13.5. The van der Waals surface area contributed by atoms with Gasteiger partial charge in [-0.3, -0.25) is 0 Å². The molecule has 1 aliphatic rings. The second-order valence-corrected chi connectivity index (χ2v) is 13.3. The summed E-state index contributed by atoms with van der Waals surface area (Å²) >= 11 is 0. The smallest absolute Gasteiger partial charge is 0.236 e. The lowest BCUT2D eigenvalue weighted by atomic mass is 9.80. The quantitative estimate of drug-likeness (QED) is 0.388. The fourth-order valence-corrected chi connectivity index (χ4v) is 5.34. The molecule has 0 N–H and O–H groups in total. The van der Waals surface area contributed by atoms with Crippen molar-refractivity contribution in [3.8, 4) is 11.1 Å². The fraction of sp³-hybridized carbons (Fsp3) is 0.520. The van der Waals surface area contributed by atoms with Crippen molar-refractivity contribution < 1.29 is 13.2 Å². The number of benzene rings is 2. The average molecular weight is 441 g/mol. The van der Waals surface area contributed by atoms with Crippen LogP contribution in [-0.2, 0) is 14.3 Å². The van der Waals surface area contributed by atoms with Crippen LogP contribution in [0.15, 0.2) is 42.5 Å². The van der Waals surface area contributed by atoms with Crippen LogP contribution in [0.3, 0.4) is 0 Å². The van der Waals surface area contributed by atoms with Gasteiger partial charge in [-0.05, 0) is 44.5 Å². The third-order valence-corrected chi connectivity index (χ3v) is 8.72. The molecule has 0 bridgehead atoms. The van der Waals surface area contributed by atoms with Gasteiger partial charge < -0.3 is 8.85 Å². The van der Waals surface area contributed by atoms with Gasteiger partial charge >= 0.3 is 0 Å². The molecule has 0 unspecified atom stereocenters. The van der Waals surface area contributed by atoms with Crippen molar-refractivity contribution in [2.75, 3.05) is 13.2 Å². The van der Waals surface area contributed by atoms with E-state index in [1.165, 1.54) is 5.56 Å². The van der Waals surface area contributed by atoms with Crippen molar-refractivity contribution in [1.82, 2.24) is 0 Å². The van der Waals surface area contributed by atoms with Gasteiger partial charge in [0.2, 0.25) is 19.5 Å². The van der Waals surface area contributed by atoms with Crippen LogP contribution < -0.4 is 0 Å². The lowest BCUT2D eigenvalue weighted by molar-refractivity contribution is 0.172. The summed E-state index contributed by atoms with van der Waals surface area (Å²) in [5, 5.41) is 0.272. The van der Waals surface area contributed by atoms with Crippen molar-refractivity contribution in [1.29, 1.82) is 0 Å². The van der Waals surface area contributed by atoms with Crippen molar-refractivity contribution in [2.45, 2.75) is 69.9 Å². The highest BCUT2D eigenvalue weighted by molar-refractivity contribution is 6.32. The van der Waals surface area contributed by atoms with Gasteiger partial charge in [-0.15, -0.1) is 0 Å². The first-order valence-corrected chi connectivity index (χ1v) is 12.6. The van der Waals surface area contributed by atoms with E-state index < -0.39 is 5.41 Å². The Morgan fingerprint density at radius 1 is 0.800 bits per heavy atom. The number of hydrogen-bond acceptors (Lipinski definition) is 2. The van der Waals surface area contributed by atoms with Gasteiger partial charge in [-0.2, -0.15) is 0 Å². The molecule has 2 nitrogen and oxygen atoms in total. The molecule has 3 rings (SSSR count). The Labute approximate surface area is 186 Å². The van der Waals surface area contributed by atoms with Crippen LogP contribution in [0.1, 0.15) is 65.5 Å².